The van der Waals surface area contributed by atoms with E-state index in [1.807, 2.05) is 6.07 Å². The van der Waals surface area contributed by atoms with E-state index in [0.717, 1.165) is 17.5 Å². The lowest BCUT2D eigenvalue weighted by molar-refractivity contribution is 0.0601. The first-order chi connectivity index (χ1) is 12.7. The number of nitrogens with zero attached hydrogens (tertiary/aromatic N) is 2. The van der Waals surface area contributed by atoms with Crippen molar-refractivity contribution in [3.8, 4) is 11.3 Å². The third-order valence-corrected chi connectivity index (χ3v) is 5.38. The van der Waals surface area contributed by atoms with E-state index >= 15 is 0 Å². The molecule has 0 unspecified atom stereocenters. The number of H-pyrrole nitrogens is 1. The lowest BCUT2D eigenvalue weighted by Crippen LogP contribution is -2.26. The van der Waals surface area contributed by atoms with Gasteiger partial charge in [-0.25, -0.2) is 4.79 Å². The molecule has 1 N–H and O–H groups in total. The Kier molecular flexibility index (Phi) is 4.47. The number of carbonyl (C=O) groups excluding carboxylic acids is 1. The minimum Gasteiger partial charge on any atom is -0.465 e. The maximum Gasteiger partial charge on any atom is 0.340 e. The molecule has 0 bridgehead atoms. The molecule has 1 aliphatic heterocycles. The highest BCUT2D eigenvalue weighted by molar-refractivity contribution is 5.97. The molecule has 3 aromatic rings. The van der Waals surface area contributed by atoms with E-state index in [9.17, 15) is 4.79 Å². The van der Waals surface area contributed by atoms with E-state index < -0.39 is 0 Å². The smallest absolute Gasteiger partial charge is 0.340 e. The number of esters is 1. The summed E-state index contributed by atoms with van der Waals surface area (Å²) in [6.07, 6.45) is 7.37. The molecule has 0 radical (unpaired) electrons. The first kappa shape index (κ1) is 16.8. The van der Waals surface area contributed by atoms with Crippen LogP contribution in [0.4, 0.5) is 0 Å². The van der Waals surface area contributed by atoms with Crippen LogP contribution in [0.1, 0.15) is 28.8 Å². The van der Waals surface area contributed by atoms with E-state index in [1.54, 1.807) is 18.3 Å². The van der Waals surface area contributed by atoms with Gasteiger partial charge in [0, 0.05) is 34.9 Å². The van der Waals surface area contributed by atoms with Crippen molar-refractivity contribution in [2.24, 2.45) is 0 Å². The number of carbonyl (C=O) groups is 1. The molecule has 5 heteroatoms. The molecule has 134 valence electrons. The highest BCUT2D eigenvalue weighted by Crippen LogP contribution is 2.29. The van der Waals surface area contributed by atoms with Crippen molar-refractivity contribution in [2.75, 3.05) is 20.7 Å². The Hall–Kier alpha value is -2.66. The predicted octanol–water partition coefficient (Wildman–Crippen LogP) is 3.65. The molecule has 4 rings (SSSR count). The molecule has 0 spiro atoms. The number of ether oxygens (including phenoxy) is 1. The van der Waals surface area contributed by atoms with Crippen LogP contribution in [-0.2, 0) is 11.2 Å². The van der Waals surface area contributed by atoms with Crippen LogP contribution in [0.25, 0.3) is 22.2 Å². The van der Waals surface area contributed by atoms with Gasteiger partial charge in [0.25, 0.3) is 0 Å². The van der Waals surface area contributed by atoms with Crippen LogP contribution in [0.15, 0.2) is 42.7 Å². The number of aromatic nitrogens is 2. The third kappa shape index (κ3) is 2.99. The van der Waals surface area contributed by atoms with Crippen LogP contribution in [0.5, 0.6) is 0 Å². The van der Waals surface area contributed by atoms with Gasteiger partial charge < -0.3 is 14.6 Å². The van der Waals surface area contributed by atoms with Crippen molar-refractivity contribution in [3.63, 3.8) is 0 Å². The fraction of sp³-hybridized carbons (Fsp3) is 0.333. The highest BCUT2D eigenvalue weighted by atomic mass is 16.5. The summed E-state index contributed by atoms with van der Waals surface area (Å²) < 4.78 is 4.90. The van der Waals surface area contributed by atoms with Crippen LogP contribution in [0.3, 0.4) is 0 Å². The monoisotopic (exact) mass is 349 g/mol. The van der Waals surface area contributed by atoms with Crippen molar-refractivity contribution in [1.29, 1.82) is 0 Å². The molecule has 2 aromatic heterocycles. The minimum absolute atomic E-state index is 0.366. The van der Waals surface area contributed by atoms with Gasteiger partial charge in [-0.1, -0.05) is 6.07 Å². The minimum atomic E-state index is -0.366. The zero-order chi connectivity index (χ0) is 18.1. The van der Waals surface area contributed by atoms with Crippen LogP contribution in [0, 0.1) is 0 Å². The Morgan fingerprint density at radius 2 is 2.27 bits per heavy atom. The summed E-state index contributed by atoms with van der Waals surface area (Å²) in [7, 11) is 3.60. The number of pyridine rings is 1. The summed E-state index contributed by atoms with van der Waals surface area (Å²) in [5.74, 6) is -0.366. The van der Waals surface area contributed by atoms with Gasteiger partial charge in [-0.3, -0.25) is 4.98 Å². The first-order valence-corrected chi connectivity index (χ1v) is 9.01. The summed E-state index contributed by atoms with van der Waals surface area (Å²) in [5, 5.41) is 1.20. The second-order valence-electron chi connectivity index (χ2n) is 6.95. The van der Waals surface area contributed by atoms with Gasteiger partial charge in [0.15, 0.2) is 0 Å². The molecule has 26 heavy (non-hydrogen) atoms. The van der Waals surface area contributed by atoms with Gasteiger partial charge in [0.05, 0.1) is 18.4 Å². The number of hydrogen-bond donors (Lipinski definition) is 1. The Morgan fingerprint density at radius 1 is 1.38 bits per heavy atom. The zero-order valence-electron chi connectivity index (χ0n) is 15.2. The Balaban J connectivity index is 1.74. The number of rotatable bonds is 4. The molecule has 1 aliphatic rings. The standard InChI is InChI=1S/C21H23N3O2/c1-24-10-4-5-16(24)11-15-13-23-19-8-7-14(12-18(15)19)20-17(21(25)26-2)6-3-9-22-20/h3,6-9,12-13,16,23H,4-5,10-11H2,1-2H3/t16-/m1/s1. The Morgan fingerprint density at radius 3 is 3.04 bits per heavy atom. The van der Waals surface area contributed by atoms with Gasteiger partial charge in [-0.2, -0.15) is 0 Å². The van der Waals surface area contributed by atoms with Crippen LogP contribution in [-0.4, -0.2) is 47.6 Å². The Labute approximate surface area is 153 Å². The number of likely N-dealkylation sites (tertiary alicyclic amines) is 1. The summed E-state index contributed by atoms with van der Waals surface area (Å²) >= 11 is 0. The molecule has 1 fully saturated rings. The van der Waals surface area contributed by atoms with Crippen molar-refractivity contribution in [3.05, 3.63) is 53.9 Å². The van der Waals surface area contributed by atoms with E-state index in [1.165, 1.54) is 37.4 Å². The molecule has 0 amide bonds. The largest absolute Gasteiger partial charge is 0.465 e. The molecule has 0 aliphatic carbocycles. The number of benzene rings is 1. The Bertz CT molecular complexity index is 947. The zero-order valence-corrected chi connectivity index (χ0v) is 15.2. The predicted molar refractivity (Wildman–Crippen MR) is 102 cm³/mol. The van der Waals surface area contributed by atoms with Gasteiger partial charge >= 0.3 is 5.97 Å². The van der Waals surface area contributed by atoms with Gasteiger partial charge in [0.1, 0.15) is 0 Å². The summed E-state index contributed by atoms with van der Waals surface area (Å²) in [6, 6.07) is 10.3. The molecule has 1 atom stereocenters. The molecule has 1 saturated heterocycles. The summed E-state index contributed by atoms with van der Waals surface area (Å²) in [5.41, 5.74) is 4.50. The van der Waals surface area contributed by atoms with Gasteiger partial charge in [0.2, 0.25) is 0 Å². The average molecular weight is 349 g/mol. The van der Waals surface area contributed by atoms with Crippen LogP contribution >= 0.6 is 0 Å². The molecule has 5 nitrogen and oxygen atoms in total. The summed E-state index contributed by atoms with van der Waals surface area (Å²) in [4.78, 5) is 22.3. The summed E-state index contributed by atoms with van der Waals surface area (Å²) in [6.45, 7) is 1.18. The third-order valence-electron chi connectivity index (χ3n) is 5.38. The van der Waals surface area contributed by atoms with Crippen LogP contribution in [0.2, 0.25) is 0 Å². The molecule has 3 heterocycles. The van der Waals surface area contributed by atoms with Crippen molar-refractivity contribution in [1.82, 2.24) is 14.9 Å². The molecule has 1 aromatic carbocycles. The van der Waals surface area contributed by atoms with E-state index in [0.29, 0.717) is 17.3 Å². The van der Waals surface area contributed by atoms with Crippen molar-refractivity contribution in [2.45, 2.75) is 25.3 Å². The lowest BCUT2D eigenvalue weighted by atomic mass is 9.99. The maximum absolute atomic E-state index is 12.1. The number of methoxy groups -OCH3 is 1. The van der Waals surface area contributed by atoms with E-state index in [2.05, 4.69) is 40.2 Å². The van der Waals surface area contributed by atoms with E-state index in [4.69, 9.17) is 4.74 Å². The fourth-order valence-corrected chi connectivity index (χ4v) is 3.90. The maximum atomic E-state index is 12.1. The second-order valence-corrected chi connectivity index (χ2v) is 6.95. The van der Waals surface area contributed by atoms with Crippen molar-refractivity contribution >= 4 is 16.9 Å². The number of fused-ring (bicyclic) bond motifs is 1. The topological polar surface area (TPSA) is 58.2 Å². The second kappa shape index (κ2) is 6.92. The number of likely N-dealkylation sites (N-methyl/N-ethyl adjacent to an activating group) is 1. The molecular formula is C21H23N3O2. The normalized spacial score (nSPS) is 17.7. The van der Waals surface area contributed by atoms with Crippen molar-refractivity contribution < 1.29 is 9.53 Å². The molecular weight excluding hydrogens is 326 g/mol. The van der Waals surface area contributed by atoms with Gasteiger partial charge in [-0.05, 0) is 62.7 Å². The SMILES string of the molecule is COC(=O)c1cccnc1-c1ccc2[nH]cc(C[C@H]3CCCN3C)c2c1. The first-order valence-electron chi connectivity index (χ1n) is 9.01. The number of aromatic amines is 1. The number of hydrogen-bond acceptors (Lipinski definition) is 4. The highest BCUT2D eigenvalue weighted by Gasteiger charge is 2.22. The van der Waals surface area contributed by atoms with Gasteiger partial charge in [-0.15, -0.1) is 0 Å². The quantitative estimate of drug-likeness (QED) is 0.731. The average Bonchev–Trinajstić information content (AvgIpc) is 3.27. The number of nitrogens with one attached hydrogen (secondary N) is 1. The lowest BCUT2D eigenvalue weighted by Gasteiger charge is -2.18. The van der Waals surface area contributed by atoms with E-state index in [-0.39, 0.29) is 5.97 Å². The molecule has 0 saturated carbocycles. The van der Waals surface area contributed by atoms with Crippen LogP contribution < -0.4 is 0 Å². The fourth-order valence-electron chi connectivity index (χ4n) is 3.90.